The molecular formula is C13H12N6O2. The highest BCUT2D eigenvalue weighted by Crippen LogP contribution is 2.31. The first kappa shape index (κ1) is 13.0. The van der Waals surface area contributed by atoms with E-state index in [4.69, 9.17) is 0 Å². The van der Waals surface area contributed by atoms with E-state index in [0.29, 0.717) is 23.0 Å². The van der Waals surface area contributed by atoms with Crippen LogP contribution in [0.25, 0.3) is 17.0 Å². The number of hydrogen-bond acceptors (Lipinski definition) is 6. The summed E-state index contributed by atoms with van der Waals surface area (Å²) in [6.45, 7) is 1.60. The van der Waals surface area contributed by atoms with Gasteiger partial charge in [-0.25, -0.2) is 15.0 Å². The first-order valence-corrected chi connectivity index (χ1v) is 6.25. The van der Waals surface area contributed by atoms with Crippen molar-refractivity contribution in [3.63, 3.8) is 0 Å². The number of fused-ring (bicyclic) bond motifs is 1. The van der Waals surface area contributed by atoms with Crippen LogP contribution in [-0.2, 0) is 0 Å². The highest BCUT2D eigenvalue weighted by molar-refractivity contribution is 5.71. The fraction of sp³-hybridized carbons (Fsp3) is 0.154. The second kappa shape index (κ2) is 4.82. The Balaban J connectivity index is 2.37. The molecular weight excluding hydrogens is 272 g/mol. The molecule has 3 rings (SSSR count). The molecule has 106 valence electrons. The number of pyridine rings is 1. The smallest absolute Gasteiger partial charge is 0.318 e. The minimum absolute atomic E-state index is 0.102. The molecule has 0 bridgehead atoms. The first-order valence-electron chi connectivity index (χ1n) is 6.25. The second-order valence-corrected chi connectivity index (χ2v) is 4.40. The number of aromatic nitrogens is 4. The second-order valence-electron chi connectivity index (χ2n) is 4.40. The van der Waals surface area contributed by atoms with E-state index < -0.39 is 4.92 Å². The Hall–Kier alpha value is -3.03. The van der Waals surface area contributed by atoms with E-state index in [1.54, 1.807) is 42.9 Å². The lowest BCUT2D eigenvalue weighted by Gasteiger charge is -2.09. The Morgan fingerprint density at radius 3 is 2.86 bits per heavy atom. The van der Waals surface area contributed by atoms with Crippen LogP contribution >= 0.6 is 0 Å². The van der Waals surface area contributed by atoms with Gasteiger partial charge in [-0.05, 0) is 19.1 Å². The van der Waals surface area contributed by atoms with E-state index in [1.165, 1.54) is 0 Å². The summed E-state index contributed by atoms with van der Waals surface area (Å²) < 4.78 is 1.76. The standard InChI is InChI=1S/C13H12N6O2/c1-8-12(19(20)21)11(17-13(14-2)16-8)9-4-3-5-10-15-6-7-18(9)10/h3-7H,1-2H3,(H,14,16,17). The molecule has 0 saturated carbocycles. The molecule has 0 aliphatic heterocycles. The zero-order chi connectivity index (χ0) is 15.0. The van der Waals surface area contributed by atoms with Gasteiger partial charge in [0.15, 0.2) is 5.69 Å². The van der Waals surface area contributed by atoms with Crippen LogP contribution in [0.4, 0.5) is 11.6 Å². The lowest BCUT2D eigenvalue weighted by atomic mass is 10.2. The normalized spacial score (nSPS) is 10.8. The van der Waals surface area contributed by atoms with Crippen LogP contribution in [-0.4, -0.2) is 31.3 Å². The summed E-state index contributed by atoms with van der Waals surface area (Å²) in [5, 5.41) is 14.2. The van der Waals surface area contributed by atoms with Crippen LogP contribution in [0, 0.1) is 17.0 Å². The zero-order valence-electron chi connectivity index (χ0n) is 11.4. The van der Waals surface area contributed by atoms with E-state index in [1.807, 2.05) is 6.07 Å². The lowest BCUT2D eigenvalue weighted by Crippen LogP contribution is -2.06. The quantitative estimate of drug-likeness (QED) is 0.583. The van der Waals surface area contributed by atoms with Crippen molar-refractivity contribution in [2.75, 3.05) is 12.4 Å². The van der Waals surface area contributed by atoms with Crippen LogP contribution in [0.2, 0.25) is 0 Å². The number of nitro groups is 1. The van der Waals surface area contributed by atoms with Crippen molar-refractivity contribution in [1.29, 1.82) is 0 Å². The molecule has 0 fully saturated rings. The molecule has 1 N–H and O–H groups in total. The number of hydrogen-bond donors (Lipinski definition) is 1. The lowest BCUT2D eigenvalue weighted by molar-refractivity contribution is -0.385. The van der Waals surface area contributed by atoms with Crippen molar-refractivity contribution in [2.24, 2.45) is 0 Å². The van der Waals surface area contributed by atoms with Crippen LogP contribution in [0.1, 0.15) is 5.69 Å². The molecule has 0 spiro atoms. The molecule has 0 aromatic carbocycles. The molecule has 3 heterocycles. The molecule has 0 radical (unpaired) electrons. The van der Waals surface area contributed by atoms with Gasteiger partial charge in [-0.1, -0.05) is 6.07 Å². The molecule has 3 aromatic rings. The highest BCUT2D eigenvalue weighted by atomic mass is 16.6. The molecule has 0 aliphatic carbocycles. The van der Waals surface area contributed by atoms with E-state index in [0.717, 1.165) is 0 Å². The molecule has 0 unspecified atom stereocenters. The summed E-state index contributed by atoms with van der Waals surface area (Å²) in [7, 11) is 1.67. The van der Waals surface area contributed by atoms with Gasteiger partial charge in [0, 0.05) is 19.4 Å². The largest absolute Gasteiger partial charge is 0.357 e. The number of nitrogens with one attached hydrogen (secondary N) is 1. The zero-order valence-corrected chi connectivity index (χ0v) is 11.4. The fourth-order valence-corrected chi connectivity index (χ4v) is 2.22. The van der Waals surface area contributed by atoms with Crippen molar-refractivity contribution in [1.82, 2.24) is 19.4 Å². The predicted molar refractivity (Wildman–Crippen MR) is 77.2 cm³/mol. The minimum Gasteiger partial charge on any atom is -0.357 e. The van der Waals surface area contributed by atoms with E-state index in [9.17, 15) is 10.1 Å². The monoisotopic (exact) mass is 284 g/mol. The van der Waals surface area contributed by atoms with Gasteiger partial charge >= 0.3 is 5.69 Å². The topological polar surface area (TPSA) is 98.2 Å². The number of rotatable bonds is 3. The third kappa shape index (κ3) is 2.06. The summed E-state index contributed by atoms with van der Waals surface area (Å²) in [6.07, 6.45) is 3.38. The summed E-state index contributed by atoms with van der Waals surface area (Å²) in [5.41, 5.74) is 1.77. The Kier molecular flexibility index (Phi) is 2.98. The van der Waals surface area contributed by atoms with Crippen LogP contribution < -0.4 is 5.32 Å². The molecule has 21 heavy (non-hydrogen) atoms. The SMILES string of the molecule is CNc1nc(C)c([N+](=O)[O-])c(-c2cccc3nccn23)n1. The fourth-order valence-electron chi connectivity index (χ4n) is 2.22. The maximum atomic E-state index is 11.4. The molecule has 0 atom stereocenters. The Morgan fingerprint density at radius 1 is 1.33 bits per heavy atom. The van der Waals surface area contributed by atoms with E-state index in [2.05, 4.69) is 20.3 Å². The third-order valence-electron chi connectivity index (χ3n) is 3.14. The maximum absolute atomic E-state index is 11.4. The molecule has 0 aliphatic rings. The summed E-state index contributed by atoms with van der Waals surface area (Å²) in [4.78, 5) is 23.4. The van der Waals surface area contributed by atoms with Crippen molar-refractivity contribution in [3.05, 3.63) is 46.4 Å². The van der Waals surface area contributed by atoms with Crippen molar-refractivity contribution in [2.45, 2.75) is 6.92 Å². The number of nitrogens with zero attached hydrogens (tertiary/aromatic N) is 5. The Bertz CT molecular complexity index is 842. The summed E-state index contributed by atoms with van der Waals surface area (Å²) in [5.74, 6) is 0.338. The van der Waals surface area contributed by atoms with Gasteiger partial charge in [-0.15, -0.1) is 0 Å². The average molecular weight is 284 g/mol. The predicted octanol–water partition coefficient (Wildman–Crippen LogP) is 2.05. The Labute approximate surface area is 119 Å². The Morgan fingerprint density at radius 2 is 2.14 bits per heavy atom. The molecule has 3 aromatic heterocycles. The summed E-state index contributed by atoms with van der Waals surface area (Å²) in [6, 6.07) is 5.38. The third-order valence-corrected chi connectivity index (χ3v) is 3.14. The van der Waals surface area contributed by atoms with Crippen molar-refractivity contribution >= 4 is 17.3 Å². The van der Waals surface area contributed by atoms with Gasteiger partial charge < -0.3 is 5.32 Å². The number of aryl methyl sites for hydroxylation is 1. The molecule has 0 saturated heterocycles. The maximum Gasteiger partial charge on any atom is 0.318 e. The van der Waals surface area contributed by atoms with Crippen LogP contribution in [0.3, 0.4) is 0 Å². The number of imidazole rings is 1. The van der Waals surface area contributed by atoms with Crippen LogP contribution in [0.5, 0.6) is 0 Å². The average Bonchev–Trinajstić information content (AvgIpc) is 2.94. The van der Waals surface area contributed by atoms with Gasteiger partial charge in [0.1, 0.15) is 11.3 Å². The first-order chi connectivity index (χ1) is 10.1. The van der Waals surface area contributed by atoms with E-state index in [-0.39, 0.29) is 11.4 Å². The minimum atomic E-state index is -0.458. The summed E-state index contributed by atoms with van der Waals surface area (Å²) >= 11 is 0. The van der Waals surface area contributed by atoms with Crippen LogP contribution in [0.15, 0.2) is 30.6 Å². The van der Waals surface area contributed by atoms with Gasteiger partial charge in [0.25, 0.3) is 0 Å². The van der Waals surface area contributed by atoms with E-state index >= 15 is 0 Å². The van der Waals surface area contributed by atoms with Gasteiger partial charge in [0.05, 0.1) is 10.6 Å². The molecule has 8 heteroatoms. The number of anilines is 1. The van der Waals surface area contributed by atoms with Gasteiger partial charge in [-0.3, -0.25) is 14.5 Å². The highest BCUT2D eigenvalue weighted by Gasteiger charge is 2.24. The van der Waals surface area contributed by atoms with Gasteiger partial charge in [-0.2, -0.15) is 0 Å². The molecule has 8 nitrogen and oxygen atoms in total. The van der Waals surface area contributed by atoms with Gasteiger partial charge in [0.2, 0.25) is 5.95 Å². The molecule has 0 amide bonds. The van der Waals surface area contributed by atoms with Crippen molar-refractivity contribution < 1.29 is 4.92 Å². The van der Waals surface area contributed by atoms with Crippen molar-refractivity contribution in [3.8, 4) is 11.4 Å².